The van der Waals surface area contributed by atoms with E-state index in [4.69, 9.17) is 4.74 Å². The topological polar surface area (TPSA) is 85.4 Å². The SMILES string of the molecule is CC(=O)OC(=O)N1C(=O)OC2OC21. The summed E-state index contributed by atoms with van der Waals surface area (Å²) in [7, 11) is 0. The summed E-state index contributed by atoms with van der Waals surface area (Å²) in [5.41, 5.74) is 0. The zero-order chi connectivity index (χ0) is 9.59. The Balaban J connectivity index is 2.03. The van der Waals surface area contributed by atoms with Crippen molar-refractivity contribution in [3.05, 3.63) is 0 Å². The molecule has 0 aromatic heterocycles. The Morgan fingerprint density at radius 2 is 2.23 bits per heavy atom. The molecular formula is C6H5NO6. The number of esters is 1. The van der Waals surface area contributed by atoms with Gasteiger partial charge >= 0.3 is 18.2 Å². The maximum atomic E-state index is 11.0. The molecule has 2 aliphatic rings. The lowest BCUT2D eigenvalue weighted by atomic mass is 10.6. The maximum absolute atomic E-state index is 11.0. The van der Waals surface area contributed by atoms with Crippen LogP contribution in [-0.2, 0) is 19.0 Å². The Hall–Kier alpha value is -1.63. The molecule has 2 unspecified atom stereocenters. The number of carbonyl (C=O) groups is 3. The van der Waals surface area contributed by atoms with Gasteiger partial charge in [-0.3, -0.25) is 4.79 Å². The summed E-state index contributed by atoms with van der Waals surface area (Å²) in [6, 6.07) is 0. The van der Waals surface area contributed by atoms with Gasteiger partial charge in [0.1, 0.15) is 0 Å². The van der Waals surface area contributed by atoms with Gasteiger partial charge in [-0.25, -0.2) is 9.59 Å². The van der Waals surface area contributed by atoms with Crippen LogP contribution >= 0.6 is 0 Å². The molecule has 0 bridgehead atoms. The van der Waals surface area contributed by atoms with E-state index in [1.165, 1.54) is 0 Å². The molecule has 7 nitrogen and oxygen atoms in total. The molecule has 2 atom stereocenters. The first-order valence-electron chi connectivity index (χ1n) is 3.47. The van der Waals surface area contributed by atoms with Gasteiger partial charge in [-0.15, -0.1) is 0 Å². The number of rotatable bonds is 0. The molecule has 0 aromatic carbocycles. The van der Waals surface area contributed by atoms with Gasteiger partial charge in [0.15, 0.2) is 0 Å². The summed E-state index contributed by atoms with van der Waals surface area (Å²) in [6.45, 7) is 1.06. The first-order valence-corrected chi connectivity index (χ1v) is 3.47. The monoisotopic (exact) mass is 187 g/mol. The summed E-state index contributed by atoms with van der Waals surface area (Å²) in [6.07, 6.45) is -3.33. The van der Waals surface area contributed by atoms with Crippen LogP contribution in [0.4, 0.5) is 9.59 Å². The minimum absolute atomic E-state index is 0.617. The lowest BCUT2D eigenvalue weighted by molar-refractivity contribution is -0.135. The van der Waals surface area contributed by atoms with Gasteiger partial charge in [-0.1, -0.05) is 0 Å². The third-order valence-corrected chi connectivity index (χ3v) is 1.53. The van der Waals surface area contributed by atoms with Crippen molar-refractivity contribution in [2.75, 3.05) is 0 Å². The molecule has 0 radical (unpaired) electrons. The van der Waals surface area contributed by atoms with E-state index in [-0.39, 0.29) is 0 Å². The van der Waals surface area contributed by atoms with Crippen molar-refractivity contribution >= 4 is 18.2 Å². The molecular weight excluding hydrogens is 182 g/mol. The molecule has 0 saturated carbocycles. The quantitative estimate of drug-likeness (QED) is 0.296. The predicted molar refractivity (Wildman–Crippen MR) is 34.1 cm³/mol. The standard InChI is InChI=1S/C6H5NO6/c1-2(8)11-5(9)7-3-4(12-3)13-6(7)10/h3-4H,1H3. The molecule has 0 aromatic rings. The van der Waals surface area contributed by atoms with Crippen LogP contribution in [0.5, 0.6) is 0 Å². The molecule has 2 fully saturated rings. The second-order valence-electron chi connectivity index (χ2n) is 2.51. The van der Waals surface area contributed by atoms with Crippen LogP contribution in [0.25, 0.3) is 0 Å². The van der Waals surface area contributed by atoms with Crippen molar-refractivity contribution in [2.24, 2.45) is 0 Å². The van der Waals surface area contributed by atoms with E-state index in [2.05, 4.69) is 9.47 Å². The summed E-state index contributed by atoms with van der Waals surface area (Å²) < 4.78 is 13.4. The fraction of sp³-hybridized carbons (Fsp3) is 0.500. The zero-order valence-corrected chi connectivity index (χ0v) is 6.55. The lowest BCUT2D eigenvalue weighted by Crippen LogP contribution is -2.36. The molecule has 0 N–H and O–H groups in total. The fourth-order valence-corrected chi connectivity index (χ4v) is 0.971. The van der Waals surface area contributed by atoms with Crippen molar-refractivity contribution in [3.63, 3.8) is 0 Å². The second kappa shape index (κ2) is 2.43. The number of nitrogens with zero attached hydrogens (tertiary/aromatic N) is 1. The number of fused-ring (bicyclic) bond motifs is 1. The minimum Gasteiger partial charge on any atom is -0.414 e. The van der Waals surface area contributed by atoms with Crippen LogP contribution in [0, 0.1) is 0 Å². The third-order valence-electron chi connectivity index (χ3n) is 1.53. The van der Waals surface area contributed by atoms with Gasteiger partial charge in [0.2, 0.25) is 6.23 Å². The van der Waals surface area contributed by atoms with E-state index < -0.39 is 30.7 Å². The van der Waals surface area contributed by atoms with Gasteiger partial charge in [-0.05, 0) is 0 Å². The predicted octanol–water partition coefficient (Wildman–Crippen LogP) is -0.196. The normalized spacial score (nSPS) is 29.3. The van der Waals surface area contributed by atoms with Crippen LogP contribution in [0.15, 0.2) is 0 Å². The maximum Gasteiger partial charge on any atom is 0.429 e. The Labute approximate surface area is 72.1 Å². The summed E-state index contributed by atoms with van der Waals surface area (Å²) in [4.78, 5) is 32.8. The Bertz CT molecular complexity index is 299. The molecule has 2 rings (SSSR count). The first-order chi connectivity index (χ1) is 6.09. The van der Waals surface area contributed by atoms with E-state index >= 15 is 0 Å². The molecule has 2 saturated heterocycles. The Morgan fingerprint density at radius 3 is 2.69 bits per heavy atom. The summed E-state index contributed by atoms with van der Waals surface area (Å²) >= 11 is 0. The lowest BCUT2D eigenvalue weighted by Gasteiger charge is -2.10. The van der Waals surface area contributed by atoms with Gasteiger partial charge in [0.05, 0.1) is 0 Å². The number of hydrogen-bond donors (Lipinski definition) is 0. The number of amides is 2. The van der Waals surface area contributed by atoms with Gasteiger partial charge in [-0.2, -0.15) is 4.90 Å². The van der Waals surface area contributed by atoms with Crippen molar-refractivity contribution in [1.82, 2.24) is 4.90 Å². The average Bonchev–Trinajstić information content (AvgIpc) is 2.60. The summed E-state index contributed by atoms with van der Waals surface area (Å²) in [5, 5.41) is 0. The van der Waals surface area contributed by atoms with Crippen molar-refractivity contribution in [2.45, 2.75) is 19.4 Å². The third kappa shape index (κ3) is 1.22. The van der Waals surface area contributed by atoms with Gasteiger partial charge in [0.25, 0.3) is 6.29 Å². The molecule has 0 spiro atoms. The molecule has 13 heavy (non-hydrogen) atoms. The molecule has 0 aliphatic carbocycles. The van der Waals surface area contributed by atoms with Crippen LogP contribution in [-0.4, -0.2) is 35.6 Å². The molecule has 2 aliphatic heterocycles. The number of ether oxygens (including phenoxy) is 3. The van der Waals surface area contributed by atoms with E-state index in [1.54, 1.807) is 0 Å². The second-order valence-corrected chi connectivity index (χ2v) is 2.51. The van der Waals surface area contributed by atoms with Crippen molar-refractivity contribution < 1.29 is 28.6 Å². The Kier molecular flexibility index (Phi) is 1.49. The highest BCUT2D eigenvalue weighted by molar-refractivity contribution is 5.94. The number of imide groups is 1. The Morgan fingerprint density at radius 1 is 1.54 bits per heavy atom. The smallest absolute Gasteiger partial charge is 0.414 e. The molecule has 2 amide bonds. The van der Waals surface area contributed by atoms with Gasteiger partial charge in [0, 0.05) is 6.92 Å². The number of epoxide rings is 1. The number of carbonyl (C=O) groups excluding carboxylic acids is 3. The van der Waals surface area contributed by atoms with Crippen LogP contribution in [0.3, 0.4) is 0 Å². The largest absolute Gasteiger partial charge is 0.429 e. The number of hydrogen-bond acceptors (Lipinski definition) is 6. The minimum atomic E-state index is -1.07. The van der Waals surface area contributed by atoms with Crippen molar-refractivity contribution in [1.29, 1.82) is 0 Å². The van der Waals surface area contributed by atoms with Crippen LogP contribution in [0.1, 0.15) is 6.92 Å². The molecule has 7 heteroatoms. The summed E-state index contributed by atoms with van der Waals surface area (Å²) in [5.74, 6) is -0.790. The highest BCUT2D eigenvalue weighted by Gasteiger charge is 2.60. The molecule has 2 heterocycles. The first kappa shape index (κ1) is 7.99. The fourth-order valence-electron chi connectivity index (χ4n) is 0.971. The van der Waals surface area contributed by atoms with Gasteiger partial charge < -0.3 is 14.2 Å². The molecule has 70 valence electrons. The highest BCUT2D eigenvalue weighted by Crippen LogP contribution is 2.35. The van der Waals surface area contributed by atoms with Crippen LogP contribution in [0.2, 0.25) is 0 Å². The van der Waals surface area contributed by atoms with Crippen molar-refractivity contribution in [3.8, 4) is 0 Å². The zero-order valence-electron chi connectivity index (χ0n) is 6.55. The van der Waals surface area contributed by atoms with E-state index in [1.807, 2.05) is 0 Å². The van der Waals surface area contributed by atoms with E-state index in [0.717, 1.165) is 6.92 Å². The van der Waals surface area contributed by atoms with E-state index in [9.17, 15) is 14.4 Å². The van der Waals surface area contributed by atoms with Crippen LogP contribution < -0.4 is 0 Å². The average molecular weight is 187 g/mol. The van der Waals surface area contributed by atoms with E-state index in [0.29, 0.717) is 4.90 Å². The highest BCUT2D eigenvalue weighted by atomic mass is 16.8.